The third-order valence-corrected chi connectivity index (χ3v) is 7.02. The fraction of sp³-hybridized carbons (Fsp3) is 0.0833. The van der Waals surface area contributed by atoms with Crippen molar-refractivity contribution in [3.05, 3.63) is 89.2 Å². The standard InChI is InChI=1S/C24H19FN2O3S2/c1-15-3-11-19(12-4-15)26-23(28)24-27-21(16-5-9-18(25)10-6-16)22(31-24)17-7-13-20(14-8-17)32(2,29)30/h3-14H,1-2H3,(H,26,28). The van der Waals surface area contributed by atoms with E-state index in [1.807, 2.05) is 31.2 Å². The molecule has 4 rings (SSSR count). The maximum Gasteiger partial charge on any atom is 0.284 e. The van der Waals surface area contributed by atoms with Crippen molar-refractivity contribution in [2.75, 3.05) is 11.6 Å². The molecule has 0 saturated heterocycles. The molecule has 0 radical (unpaired) electrons. The number of aromatic nitrogens is 1. The molecule has 0 atom stereocenters. The highest BCUT2D eigenvalue weighted by atomic mass is 32.2. The van der Waals surface area contributed by atoms with Gasteiger partial charge in [0.25, 0.3) is 5.91 Å². The Bertz CT molecular complexity index is 1380. The maximum atomic E-state index is 13.4. The quantitative estimate of drug-likeness (QED) is 0.417. The van der Waals surface area contributed by atoms with Gasteiger partial charge in [-0.05, 0) is 61.0 Å². The molecule has 32 heavy (non-hydrogen) atoms. The highest BCUT2D eigenvalue weighted by Crippen LogP contribution is 2.37. The normalized spacial score (nSPS) is 11.3. The van der Waals surface area contributed by atoms with Gasteiger partial charge in [0.2, 0.25) is 0 Å². The summed E-state index contributed by atoms with van der Waals surface area (Å²) in [5.74, 6) is -0.735. The Kier molecular flexibility index (Phi) is 5.90. The van der Waals surface area contributed by atoms with Crippen LogP contribution < -0.4 is 5.32 Å². The Labute approximate surface area is 189 Å². The molecule has 0 aliphatic carbocycles. The minimum atomic E-state index is -3.33. The van der Waals surface area contributed by atoms with E-state index in [1.54, 1.807) is 24.3 Å². The van der Waals surface area contributed by atoms with E-state index in [4.69, 9.17) is 0 Å². The second kappa shape index (κ2) is 8.64. The smallest absolute Gasteiger partial charge is 0.284 e. The first-order valence-electron chi connectivity index (χ1n) is 9.66. The minimum Gasteiger partial charge on any atom is -0.320 e. The third-order valence-electron chi connectivity index (χ3n) is 4.79. The van der Waals surface area contributed by atoms with Gasteiger partial charge in [-0.1, -0.05) is 29.8 Å². The lowest BCUT2D eigenvalue weighted by molar-refractivity contribution is 0.102. The number of anilines is 1. The van der Waals surface area contributed by atoms with Crippen molar-refractivity contribution in [2.45, 2.75) is 11.8 Å². The SMILES string of the molecule is Cc1ccc(NC(=O)c2nc(-c3ccc(F)cc3)c(-c3ccc(S(C)(=O)=O)cc3)s2)cc1. The molecular weight excluding hydrogens is 447 g/mol. The first-order valence-corrected chi connectivity index (χ1v) is 12.4. The van der Waals surface area contributed by atoms with Gasteiger partial charge in [-0.2, -0.15) is 0 Å². The first kappa shape index (κ1) is 21.9. The molecular formula is C24H19FN2O3S2. The molecule has 4 aromatic rings. The van der Waals surface area contributed by atoms with Gasteiger partial charge in [-0.25, -0.2) is 17.8 Å². The van der Waals surface area contributed by atoms with Crippen LogP contribution in [-0.2, 0) is 9.84 Å². The monoisotopic (exact) mass is 466 g/mol. The summed E-state index contributed by atoms with van der Waals surface area (Å²) in [5, 5.41) is 3.08. The summed E-state index contributed by atoms with van der Waals surface area (Å²) in [5.41, 5.74) is 3.62. The van der Waals surface area contributed by atoms with Crippen LogP contribution in [0, 0.1) is 12.7 Å². The Hall–Kier alpha value is -3.36. The number of aryl methyl sites for hydroxylation is 1. The molecule has 8 heteroatoms. The van der Waals surface area contributed by atoms with Crippen molar-refractivity contribution >= 4 is 32.8 Å². The first-order chi connectivity index (χ1) is 15.2. The molecule has 0 aliphatic rings. The zero-order chi connectivity index (χ0) is 22.9. The fourth-order valence-corrected chi connectivity index (χ4v) is 4.71. The summed E-state index contributed by atoms with van der Waals surface area (Å²) in [7, 11) is -3.33. The summed E-state index contributed by atoms with van der Waals surface area (Å²) >= 11 is 1.19. The van der Waals surface area contributed by atoms with Crippen molar-refractivity contribution in [1.82, 2.24) is 4.98 Å². The summed E-state index contributed by atoms with van der Waals surface area (Å²) in [4.78, 5) is 18.3. The van der Waals surface area contributed by atoms with E-state index in [-0.39, 0.29) is 21.6 Å². The predicted molar refractivity (Wildman–Crippen MR) is 125 cm³/mol. The molecule has 1 aromatic heterocycles. The highest BCUT2D eigenvalue weighted by Gasteiger charge is 2.20. The zero-order valence-corrected chi connectivity index (χ0v) is 18.9. The number of thiazole rings is 1. The molecule has 0 saturated carbocycles. The molecule has 0 bridgehead atoms. The third kappa shape index (κ3) is 4.76. The van der Waals surface area contributed by atoms with Crippen LogP contribution in [0.2, 0.25) is 0 Å². The Morgan fingerprint density at radius 3 is 2.09 bits per heavy atom. The van der Waals surface area contributed by atoms with Crippen LogP contribution in [0.15, 0.2) is 77.7 Å². The summed E-state index contributed by atoms with van der Waals surface area (Å²) < 4.78 is 37.0. The molecule has 0 unspecified atom stereocenters. The van der Waals surface area contributed by atoms with Crippen molar-refractivity contribution in [3.8, 4) is 21.7 Å². The van der Waals surface area contributed by atoms with E-state index < -0.39 is 9.84 Å². The van der Waals surface area contributed by atoms with Crippen molar-refractivity contribution in [1.29, 1.82) is 0 Å². The highest BCUT2D eigenvalue weighted by molar-refractivity contribution is 7.90. The van der Waals surface area contributed by atoms with Crippen LogP contribution in [0.5, 0.6) is 0 Å². The number of hydrogen-bond acceptors (Lipinski definition) is 5. The number of halogens is 1. The number of hydrogen-bond donors (Lipinski definition) is 1. The zero-order valence-electron chi connectivity index (χ0n) is 17.3. The number of carbonyl (C=O) groups excluding carboxylic acids is 1. The molecule has 1 amide bonds. The Balaban J connectivity index is 1.75. The van der Waals surface area contributed by atoms with Gasteiger partial charge in [0.15, 0.2) is 14.8 Å². The van der Waals surface area contributed by atoms with Crippen molar-refractivity contribution in [3.63, 3.8) is 0 Å². The van der Waals surface area contributed by atoms with E-state index in [2.05, 4.69) is 10.3 Å². The molecule has 1 N–H and O–H groups in total. The number of rotatable bonds is 5. The van der Waals surface area contributed by atoms with Crippen LogP contribution >= 0.6 is 11.3 Å². The molecule has 162 valence electrons. The lowest BCUT2D eigenvalue weighted by atomic mass is 10.1. The lowest BCUT2D eigenvalue weighted by Gasteiger charge is -2.04. The van der Waals surface area contributed by atoms with Gasteiger partial charge < -0.3 is 5.32 Å². The minimum absolute atomic E-state index is 0.200. The summed E-state index contributed by atoms with van der Waals surface area (Å²) in [6.07, 6.45) is 1.15. The van der Waals surface area contributed by atoms with Crippen LogP contribution in [0.3, 0.4) is 0 Å². The molecule has 0 aliphatic heterocycles. The van der Waals surface area contributed by atoms with Crippen LogP contribution in [0.4, 0.5) is 10.1 Å². The second-order valence-corrected chi connectivity index (χ2v) is 10.3. The van der Waals surface area contributed by atoms with Crippen LogP contribution in [0.1, 0.15) is 15.4 Å². The number of sulfone groups is 1. The van der Waals surface area contributed by atoms with Crippen molar-refractivity contribution in [2.24, 2.45) is 0 Å². The molecule has 0 spiro atoms. The van der Waals surface area contributed by atoms with E-state index in [9.17, 15) is 17.6 Å². The van der Waals surface area contributed by atoms with E-state index in [1.165, 1.54) is 35.6 Å². The van der Waals surface area contributed by atoms with Gasteiger partial charge in [0, 0.05) is 17.5 Å². The van der Waals surface area contributed by atoms with Gasteiger partial charge in [-0.3, -0.25) is 4.79 Å². The van der Waals surface area contributed by atoms with Crippen LogP contribution in [0.25, 0.3) is 21.7 Å². The topological polar surface area (TPSA) is 76.1 Å². The second-order valence-electron chi connectivity index (χ2n) is 7.32. The predicted octanol–water partition coefficient (Wildman–Crippen LogP) is 5.58. The fourth-order valence-electron chi connectivity index (χ4n) is 3.09. The number of amides is 1. The van der Waals surface area contributed by atoms with Gasteiger partial charge >= 0.3 is 0 Å². The Morgan fingerprint density at radius 1 is 0.906 bits per heavy atom. The lowest BCUT2D eigenvalue weighted by Crippen LogP contribution is -2.11. The molecule has 5 nitrogen and oxygen atoms in total. The van der Waals surface area contributed by atoms with Crippen molar-refractivity contribution < 1.29 is 17.6 Å². The largest absolute Gasteiger partial charge is 0.320 e. The van der Waals surface area contributed by atoms with E-state index in [0.29, 0.717) is 27.4 Å². The molecule has 3 aromatic carbocycles. The van der Waals surface area contributed by atoms with Gasteiger partial charge in [0.1, 0.15) is 5.82 Å². The number of benzene rings is 3. The average Bonchev–Trinajstić information content (AvgIpc) is 3.21. The van der Waals surface area contributed by atoms with Gasteiger partial charge in [0.05, 0.1) is 15.5 Å². The van der Waals surface area contributed by atoms with Crippen LogP contribution in [-0.4, -0.2) is 25.6 Å². The Morgan fingerprint density at radius 2 is 1.50 bits per heavy atom. The van der Waals surface area contributed by atoms with E-state index in [0.717, 1.165) is 11.8 Å². The number of nitrogens with one attached hydrogen (secondary N) is 1. The summed E-state index contributed by atoms with van der Waals surface area (Å²) in [6, 6.07) is 19.7. The summed E-state index contributed by atoms with van der Waals surface area (Å²) in [6.45, 7) is 1.96. The van der Waals surface area contributed by atoms with Gasteiger partial charge in [-0.15, -0.1) is 11.3 Å². The maximum absolute atomic E-state index is 13.4. The molecule has 1 heterocycles. The number of carbonyl (C=O) groups is 1. The average molecular weight is 467 g/mol. The van der Waals surface area contributed by atoms with E-state index >= 15 is 0 Å². The molecule has 0 fully saturated rings. The number of nitrogens with zero attached hydrogens (tertiary/aromatic N) is 1.